The van der Waals surface area contributed by atoms with Gasteiger partial charge in [0.25, 0.3) is 0 Å². The van der Waals surface area contributed by atoms with E-state index in [0.29, 0.717) is 11.7 Å². The molecule has 0 atom stereocenters. The number of fused-ring (bicyclic) bond motifs is 1. The van der Waals surface area contributed by atoms with Crippen molar-refractivity contribution in [1.29, 1.82) is 0 Å². The molecular weight excluding hydrogens is 318 g/mol. The summed E-state index contributed by atoms with van der Waals surface area (Å²) in [5.41, 5.74) is 2.69. The maximum Gasteiger partial charge on any atom is 0.127 e. The van der Waals surface area contributed by atoms with Crippen molar-refractivity contribution in [2.45, 2.75) is 6.54 Å². The number of aromatic nitrogens is 5. The second-order valence-electron chi connectivity index (χ2n) is 3.94. The molecule has 0 saturated heterocycles. The van der Waals surface area contributed by atoms with Crippen molar-refractivity contribution in [3.8, 4) is 0 Å². The van der Waals surface area contributed by atoms with Crippen LogP contribution in [0.1, 0.15) is 5.69 Å². The molecule has 0 aliphatic heterocycles. The Balaban J connectivity index is 2.02. The highest BCUT2D eigenvalue weighted by Crippen LogP contribution is 2.18. The van der Waals surface area contributed by atoms with Gasteiger partial charge in [0.05, 0.1) is 24.0 Å². The number of rotatable bonds is 2. The Hall–Kier alpha value is -1.40. The van der Waals surface area contributed by atoms with Gasteiger partial charge in [-0.05, 0) is 22.0 Å². The van der Waals surface area contributed by atoms with Crippen LogP contribution in [0.4, 0.5) is 0 Å². The van der Waals surface area contributed by atoms with E-state index in [1.165, 1.54) is 0 Å². The Morgan fingerprint density at radius 3 is 2.89 bits per heavy atom. The van der Waals surface area contributed by atoms with Gasteiger partial charge in [-0.25, -0.2) is 0 Å². The van der Waals surface area contributed by atoms with Crippen molar-refractivity contribution in [1.82, 2.24) is 24.5 Å². The predicted molar refractivity (Wildman–Crippen MR) is 72.5 cm³/mol. The molecule has 3 heterocycles. The normalized spacial score (nSPS) is 11.3. The molecule has 3 aromatic rings. The second kappa shape index (κ2) is 4.37. The zero-order valence-electron chi connectivity index (χ0n) is 9.51. The smallest absolute Gasteiger partial charge is 0.127 e. The van der Waals surface area contributed by atoms with E-state index < -0.39 is 0 Å². The molecular formula is C11H9BrClN5. The molecule has 92 valence electrons. The van der Waals surface area contributed by atoms with E-state index in [2.05, 4.69) is 31.1 Å². The molecule has 0 fully saturated rings. The highest BCUT2D eigenvalue weighted by molar-refractivity contribution is 9.10. The number of halogens is 2. The summed E-state index contributed by atoms with van der Waals surface area (Å²) >= 11 is 9.37. The molecule has 3 rings (SSSR count). The van der Waals surface area contributed by atoms with Crippen LogP contribution >= 0.6 is 27.5 Å². The minimum absolute atomic E-state index is 0.572. The number of hydrogen-bond acceptors (Lipinski definition) is 3. The standard InChI is InChI=1S/C11H9BrClN5/c1-17-11(13)3-8(16-17)6-18-10-2-7(12)4-14-9(10)5-15-18/h2-5H,6H2,1H3. The fourth-order valence-corrected chi connectivity index (χ4v) is 2.27. The van der Waals surface area contributed by atoms with E-state index in [1.54, 1.807) is 17.1 Å². The molecule has 0 bridgehead atoms. The third kappa shape index (κ3) is 2.02. The van der Waals surface area contributed by atoms with E-state index in [0.717, 1.165) is 21.2 Å². The van der Waals surface area contributed by atoms with Crippen LogP contribution in [-0.4, -0.2) is 24.5 Å². The van der Waals surface area contributed by atoms with Gasteiger partial charge in [0, 0.05) is 23.8 Å². The molecule has 0 N–H and O–H groups in total. The summed E-state index contributed by atoms with van der Waals surface area (Å²) < 4.78 is 4.42. The maximum atomic E-state index is 5.96. The molecule has 18 heavy (non-hydrogen) atoms. The third-order valence-corrected chi connectivity index (χ3v) is 3.43. The molecule has 0 saturated carbocycles. The van der Waals surface area contributed by atoms with Crippen molar-refractivity contribution < 1.29 is 0 Å². The van der Waals surface area contributed by atoms with Crippen LogP contribution in [0, 0.1) is 0 Å². The molecule has 5 nitrogen and oxygen atoms in total. The quantitative estimate of drug-likeness (QED) is 0.727. The maximum absolute atomic E-state index is 5.96. The lowest BCUT2D eigenvalue weighted by Crippen LogP contribution is -2.03. The summed E-state index contributed by atoms with van der Waals surface area (Å²) in [7, 11) is 1.81. The van der Waals surface area contributed by atoms with Crippen LogP contribution in [0.15, 0.2) is 29.0 Å². The van der Waals surface area contributed by atoms with Gasteiger partial charge in [-0.15, -0.1) is 0 Å². The largest absolute Gasteiger partial charge is 0.257 e. The lowest BCUT2D eigenvalue weighted by Gasteiger charge is -2.00. The summed E-state index contributed by atoms with van der Waals surface area (Å²) in [5, 5.41) is 9.23. The van der Waals surface area contributed by atoms with E-state index in [-0.39, 0.29) is 0 Å². The van der Waals surface area contributed by atoms with Crippen LogP contribution in [0.2, 0.25) is 5.15 Å². The van der Waals surface area contributed by atoms with Crippen molar-refractivity contribution in [3.05, 3.63) is 39.8 Å². The molecule has 0 aromatic carbocycles. The van der Waals surface area contributed by atoms with Crippen molar-refractivity contribution in [2.24, 2.45) is 7.05 Å². The first-order chi connectivity index (χ1) is 8.63. The Labute approximate surface area is 117 Å². The molecule has 7 heteroatoms. The first-order valence-electron chi connectivity index (χ1n) is 5.29. The molecule has 3 aromatic heterocycles. The fourth-order valence-electron chi connectivity index (χ4n) is 1.79. The van der Waals surface area contributed by atoms with Crippen LogP contribution < -0.4 is 0 Å². The van der Waals surface area contributed by atoms with E-state index >= 15 is 0 Å². The van der Waals surface area contributed by atoms with E-state index in [4.69, 9.17) is 11.6 Å². The molecule has 0 radical (unpaired) electrons. The Morgan fingerprint density at radius 1 is 1.33 bits per heavy atom. The fraction of sp³-hybridized carbons (Fsp3) is 0.182. The van der Waals surface area contributed by atoms with Crippen molar-refractivity contribution in [2.75, 3.05) is 0 Å². The lowest BCUT2D eigenvalue weighted by molar-refractivity contribution is 0.667. The number of aryl methyl sites for hydroxylation is 1. The highest BCUT2D eigenvalue weighted by atomic mass is 79.9. The molecule has 0 aliphatic carbocycles. The number of nitrogens with zero attached hydrogens (tertiary/aromatic N) is 5. The molecule has 0 unspecified atom stereocenters. The summed E-state index contributed by atoms with van der Waals surface area (Å²) in [6.07, 6.45) is 3.50. The number of hydrogen-bond donors (Lipinski definition) is 0. The Bertz CT molecular complexity index is 698. The van der Waals surface area contributed by atoms with E-state index in [1.807, 2.05) is 23.9 Å². The van der Waals surface area contributed by atoms with Crippen molar-refractivity contribution in [3.63, 3.8) is 0 Å². The van der Waals surface area contributed by atoms with Gasteiger partial charge in [0.2, 0.25) is 0 Å². The predicted octanol–water partition coefficient (Wildman–Crippen LogP) is 2.63. The van der Waals surface area contributed by atoms with Gasteiger partial charge in [-0.2, -0.15) is 10.2 Å². The van der Waals surface area contributed by atoms with Gasteiger partial charge >= 0.3 is 0 Å². The van der Waals surface area contributed by atoms with Gasteiger partial charge < -0.3 is 0 Å². The van der Waals surface area contributed by atoms with Gasteiger partial charge in [-0.1, -0.05) is 11.6 Å². The average molecular weight is 327 g/mol. The van der Waals surface area contributed by atoms with Gasteiger partial charge in [0.15, 0.2) is 0 Å². The van der Waals surface area contributed by atoms with Crippen molar-refractivity contribution >= 4 is 38.6 Å². The van der Waals surface area contributed by atoms with Gasteiger partial charge in [0.1, 0.15) is 10.7 Å². The summed E-state index contributed by atoms with van der Waals surface area (Å²) in [5.74, 6) is 0. The van der Waals surface area contributed by atoms with Crippen LogP contribution in [0.3, 0.4) is 0 Å². The molecule has 0 aliphatic rings. The van der Waals surface area contributed by atoms with Gasteiger partial charge in [-0.3, -0.25) is 14.3 Å². The monoisotopic (exact) mass is 325 g/mol. The summed E-state index contributed by atoms with van der Waals surface area (Å²) in [6, 6.07) is 3.82. The molecule has 0 spiro atoms. The minimum Gasteiger partial charge on any atom is -0.257 e. The first kappa shape index (κ1) is 11.7. The highest BCUT2D eigenvalue weighted by Gasteiger charge is 2.08. The Morgan fingerprint density at radius 2 is 2.17 bits per heavy atom. The first-order valence-corrected chi connectivity index (χ1v) is 6.46. The zero-order valence-corrected chi connectivity index (χ0v) is 11.9. The molecule has 0 amide bonds. The summed E-state index contributed by atoms with van der Waals surface area (Å²) in [4.78, 5) is 4.28. The van der Waals surface area contributed by atoms with Crippen LogP contribution in [0.5, 0.6) is 0 Å². The Kier molecular flexibility index (Phi) is 2.83. The SMILES string of the molecule is Cn1nc(Cn2ncc3ncc(Br)cc32)cc1Cl. The van der Waals surface area contributed by atoms with E-state index in [9.17, 15) is 0 Å². The third-order valence-electron chi connectivity index (χ3n) is 2.65. The average Bonchev–Trinajstić information content (AvgIpc) is 2.85. The lowest BCUT2D eigenvalue weighted by atomic mass is 10.4. The van der Waals surface area contributed by atoms with Crippen LogP contribution in [-0.2, 0) is 13.6 Å². The topological polar surface area (TPSA) is 48.5 Å². The minimum atomic E-state index is 0.572. The number of pyridine rings is 1. The zero-order chi connectivity index (χ0) is 12.7. The van der Waals surface area contributed by atoms with Crippen LogP contribution in [0.25, 0.3) is 11.0 Å². The summed E-state index contributed by atoms with van der Waals surface area (Å²) in [6.45, 7) is 0.572. The second-order valence-corrected chi connectivity index (χ2v) is 5.25.